The number of rotatable bonds is 6. The van der Waals surface area contributed by atoms with E-state index in [1.165, 1.54) is 30.1 Å². The molecule has 6 nitrogen and oxygen atoms in total. The number of nitrogens with zero attached hydrogens (tertiary/aromatic N) is 1. The first-order chi connectivity index (χ1) is 11.7. The van der Waals surface area contributed by atoms with E-state index in [-0.39, 0.29) is 31.2 Å². The van der Waals surface area contributed by atoms with Crippen molar-refractivity contribution in [3.63, 3.8) is 0 Å². The van der Waals surface area contributed by atoms with Crippen LogP contribution in [0.15, 0.2) is 24.3 Å². The average Bonchev–Trinajstić information content (AvgIpc) is 2.98. The van der Waals surface area contributed by atoms with Gasteiger partial charge in [0.15, 0.2) is 0 Å². The number of aliphatic hydroxyl groups excluding tert-OH is 2. The fourth-order valence-corrected chi connectivity index (χ4v) is 2.64. The highest BCUT2D eigenvalue weighted by atomic mass is 19.4. The molecule has 3 atom stereocenters. The molecule has 0 radical (unpaired) electrons. The fraction of sp³-hybridized carbons (Fsp3) is 0.562. The van der Waals surface area contributed by atoms with Gasteiger partial charge in [0, 0.05) is 20.1 Å². The number of alkyl halides is 3. The summed E-state index contributed by atoms with van der Waals surface area (Å²) in [4.78, 5) is 13.4. The molecule has 1 fully saturated rings. The van der Waals surface area contributed by atoms with Gasteiger partial charge in [-0.2, -0.15) is 13.2 Å². The second-order valence-electron chi connectivity index (χ2n) is 6.03. The lowest BCUT2D eigenvalue weighted by atomic mass is 10.2. The van der Waals surface area contributed by atoms with E-state index >= 15 is 0 Å². The highest BCUT2D eigenvalue weighted by Crippen LogP contribution is 2.35. The number of benzene rings is 1. The van der Waals surface area contributed by atoms with Crippen molar-refractivity contribution in [2.24, 2.45) is 0 Å². The van der Waals surface area contributed by atoms with Crippen molar-refractivity contribution in [1.29, 1.82) is 0 Å². The van der Waals surface area contributed by atoms with E-state index in [0.717, 1.165) is 6.07 Å². The van der Waals surface area contributed by atoms with Gasteiger partial charge < -0.3 is 25.2 Å². The van der Waals surface area contributed by atoms with Gasteiger partial charge in [-0.05, 0) is 18.6 Å². The fourth-order valence-electron chi connectivity index (χ4n) is 2.64. The number of hydrogen-bond donors (Lipinski definition) is 3. The Morgan fingerprint density at radius 3 is 2.72 bits per heavy atom. The van der Waals surface area contributed by atoms with Crippen LogP contribution in [-0.2, 0) is 11.0 Å². The molecule has 140 valence electrons. The van der Waals surface area contributed by atoms with Crippen molar-refractivity contribution in [2.75, 3.05) is 26.7 Å². The molecular formula is C16H21F3N2O4. The summed E-state index contributed by atoms with van der Waals surface area (Å²) in [6.45, 7) is -0.156. The number of ether oxygens (including phenoxy) is 1. The Labute approximate surface area is 143 Å². The second kappa shape index (κ2) is 8.03. The zero-order chi connectivity index (χ0) is 18.6. The largest absolute Gasteiger partial charge is 0.490 e. The maximum atomic E-state index is 12.9. The third-order valence-corrected chi connectivity index (χ3v) is 3.89. The molecule has 1 aliphatic rings. The minimum Gasteiger partial charge on any atom is -0.490 e. The predicted octanol–water partition coefficient (Wildman–Crippen LogP) is 0.626. The molecular weight excluding hydrogens is 341 g/mol. The number of halogens is 3. The van der Waals surface area contributed by atoms with Gasteiger partial charge in [0.2, 0.25) is 5.91 Å². The van der Waals surface area contributed by atoms with Crippen molar-refractivity contribution in [3.05, 3.63) is 29.8 Å². The molecule has 0 aromatic heterocycles. The molecule has 3 N–H and O–H groups in total. The van der Waals surface area contributed by atoms with Crippen LogP contribution < -0.4 is 10.1 Å². The Bertz CT molecular complexity index is 597. The van der Waals surface area contributed by atoms with Crippen LogP contribution in [-0.4, -0.2) is 66.0 Å². The van der Waals surface area contributed by atoms with Crippen LogP contribution >= 0.6 is 0 Å². The van der Waals surface area contributed by atoms with Crippen molar-refractivity contribution >= 4 is 5.91 Å². The van der Waals surface area contributed by atoms with Crippen LogP contribution in [0, 0.1) is 0 Å². The lowest BCUT2D eigenvalue weighted by Crippen LogP contribution is -2.45. The summed E-state index contributed by atoms with van der Waals surface area (Å²) < 4.78 is 43.7. The van der Waals surface area contributed by atoms with Crippen molar-refractivity contribution in [2.45, 2.75) is 30.8 Å². The molecule has 25 heavy (non-hydrogen) atoms. The molecule has 0 bridgehead atoms. The molecule has 1 aliphatic heterocycles. The summed E-state index contributed by atoms with van der Waals surface area (Å²) in [5.41, 5.74) is -0.921. The molecule has 0 unspecified atom stereocenters. The molecule has 0 saturated carbocycles. The molecule has 1 aromatic rings. The third kappa shape index (κ3) is 5.32. The van der Waals surface area contributed by atoms with E-state index in [9.17, 15) is 28.2 Å². The molecule has 0 spiro atoms. The van der Waals surface area contributed by atoms with Crippen LogP contribution in [0.3, 0.4) is 0 Å². The Morgan fingerprint density at radius 2 is 2.12 bits per heavy atom. The Kier molecular flexibility index (Phi) is 6.26. The minimum absolute atomic E-state index is 0.0959. The van der Waals surface area contributed by atoms with E-state index in [1.807, 2.05) is 0 Å². The predicted molar refractivity (Wildman–Crippen MR) is 83.0 cm³/mol. The van der Waals surface area contributed by atoms with Gasteiger partial charge in [-0.3, -0.25) is 4.79 Å². The Balaban J connectivity index is 1.87. The second-order valence-corrected chi connectivity index (χ2v) is 6.03. The molecule has 1 aromatic carbocycles. The standard InChI is InChI=1S/C16H21F3N2O4/c1-21(15(24)13-6-10(22)7-20-13)8-11(23)9-25-14-5-3-2-4-12(14)16(17,18)19/h2-5,10-11,13,20,22-23H,6-9H2,1H3/t10-,11-,13-/m0/s1. The molecule has 1 heterocycles. The highest BCUT2D eigenvalue weighted by molar-refractivity contribution is 5.82. The van der Waals surface area contributed by atoms with Crippen molar-refractivity contribution in [1.82, 2.24) is 10.2 Å². The molecule has 2 rings (SSSR count). The molecule has 1 saturated heterocycles. The minimum atomic E-state index is -4.55. The van der Waals surface area contributed by atoms with E-state index in [1.54, 1.807) is 0 Å². The maximum Gasteiger partial charge on any atom is 0.419 e. The van der Waals surface area contributed by atoms with E-state index in [0.29, 0.717) is 6.54 Å². The normalized spacial score (nSPS) is 21.8. The zero-order valence-corrected chi connectivity index (χ0v) is 13.7. The Hall–Kier alpha value is -1.84. The quantitative estimate of drug-likeness (QED) is 0.692. The number of amides is 1. The topological polar surface area (TPSA) is 82.0 Å². The smallest absolute Gasteiger partial charge is 0.419 e. The zero-order valence-electron chi connectivity index (χ0n) is 13.7. The first kappa shape index (κ1) is 19.5. The number of carbonyl (C=O) groups is 1. The van der Waals surface area contributed by atoms with Gasteiger partial charge in [-0.25, -0.2) is 0 Å². The number of β-amino-alcohol motifs (C(OH)–C–C–N with tert-alkyl or cyclic N) is 1. The lowest BCUT2D eigenvalue weighted by Gasteiger charge is -2.24. The maximum absolute atomic E-state index is 12.9. The van der Waals surface area contributed by atoms with E-state index < -0.39 is 30.0 Å². The van der Waals surface area contributed by atoms with Gasteiger partial charge in [-0.15, -0.1) is 0 Å². The van der Waals surface area contributed by atoms with Crippen LogP contribution in [0.2, 0.25) is 0 Å². The van der Waals surface area contributed by atoms with E-state index in [4.69, 9.17) is 4.74 Å². The molecule has 1 amide bonds. The summed E-state index contributed by atoms with van der Waals surface area (Å²) in [6, 6.07) is 4.20. The van der Waals surface area contributed by atoms with Crippen molar-refractivity contribution < 1.29 is 32.9 Å². The van der Waals surface area contributed by atoms with Crippen LogP contribution in [0.4, 0.5) is 13.2 Å². The number of nitrogens with one attached hydrogen (secondary N) is 1. The van der Waals surface area contributed by atoms with Gasteiger partial charge in [0.1, 0.15) is 18.5 Å². The molecule has 0 aliphatic carbocycles. The van der Waals surface area contributed by atoms with Gasteiger partial charge >= 0.3 is 6.18 Å². The third-order valence-electron chi connectivity index (χ3n) is 3.89. The summed E-state index contributed by atoms with van der Waals surface area (Å²) in [7, 11) is 1.47. The number of aliphatic hydroxyl groups is 2. The summed E-state index contributed by atoms with van der Waals surface area (Å²) in [5, 5.41) is 22.2. The summed E-state index contributed by atoms with van der Waals surface area (Å²) in [6.07, 6.45) is -6.01. The number of carbonyl (C=O) groups excluding carboxylic acids is 1. The SMILES string of the molecule is CN(C[C@H](O)COc1ccccc1C(F)(F)F)C(=O)[C@@H]1C[C@H](O)CN1. The number of hydrogen-bond acceptors (Lipinski definition) is 5. The van der Waals surface area contributed by atoms with Gasteiger partial charge in [-0.1, -0.05) is 12.1 Å². The van der Waals surface area contributed by atoms with Crippen LogP contribution in [0.25, 0.3) is 0 Å². The lowest BCUT2D eigenvalue weighted by molar-refractivity contribution is -0.139. The first-order valence-electron chi connectivity index (χ1n) is 7.82. The highest BCUT2D eigenvalue weighted by Gasteiger charge is 2.34. The first-order valence-corrected chi connectivity index (χ1v) is 7.82. The van der Waals surface area contributed by atoms with Crippen LogP contribution in [0.5, 0.6) is 5.75 Å². The Morgan fingerprint density at radius 1 is 1.44 bits per heavy atom. The molecule has 9 heteroatoms. The average molecular weight is 362 g/mol. The monoisotopic (exact) mass is 362 g/mol. The summed E-state index contributed by atoms with van der Waals surface area (Å²) in [5.74, 6) is -0.671. The summed E-state index contributed by atoms with van der Waals surface area (Å²) >= 11 is 0. The number of para-hydroxylation sites is 1. The number of likely N-dealkylation sites (N-methyl/N-ethyl adjacent to an activating group) is 1. The van der Waals surface area contributed by atoms with Gasteiger partial charge in [0.05, 0.1) is 17.7 Å². The van der Waals surface area contributed by atoms with E-state index in [2.05, 4.69) is 5.32 Å². The van der Waals surface area contributed by atoms with Gasteiger partial charge in [0.25, 0.3) is 0 Å². The van der Waals surface area contributed by atoms with Crippen LogP contribution in [0.1, 0.15) is 12.0 Å². The van der Waals surface area contributed by atoms with Crippen molar-refractivity contribution in [3.8, 4) is 5.75 Å².